The monoisotopic (exact) mass is 326 g/mol. The second-order valence-electron chi connectivity index (χ2n) is 3.74. The quantitative estimate of drug-likeness (QED) is 0.889. The van der Waals surface area contributed by atoms with E-state index in [9.17, 15) is 4.79 Å². The lowest BCUT2D eigenvalue weighted by atomic mass is 10.3. The molecule has 0 saturated heterocycles. The maximum atomic E-state index is 12.0. The summed E-state index contributed by atoms with van der Waals surface area (Å²) >= 11 is 4.52. The molecule has 0 saturated carbocycles. The van der Waals surface area contributed by atoms with Crippen molar-refractivity contribution in [2.75, 3.05) is 11.1 Å². The predicted octanol–water partition coefficient (Wildman–Crippen LogP) is 2.75. The molecule has 0 spiro atoms. The summed E-state index contributed by atoms with van der Waals surface area (Å²) in [4.78, 5) is 20.6. The van der Waals surface area contributed by atoms with Crippen LogP contribution in [0, 0.1) is 13.8 Å². The molecule has 0 radical (unpaired) electrons. The van der Waals surface area contributed by atoms with Crippen molar-refractivity contribution in [3.8, 4) is 0 Å². The number of carbonyl (C=O) groups excluding carboxylic acids is 1. The number of halogens is 1. The van der Waals surface area contributed by atoms with Crippen LogP contribution in [0.1, 0.15) is 20.9 Å². The van der Waals surface area contributed by atoms with Gasteiger partial charge in [0.15, 0.2) is 5.13 Å². The largest absolute Gasteiger partial charge is 0.375 e. The summed E-state index contributed by atoms with van der Waals surface area (Å²) in [5, 5.41) is 3.11. The van der Waals surface area contributed by atoms with E-state index < -0.39 is 0 Å². The standard InChI is InChI=1S/C11H11BrN4OS/c1-5-3-8(14-4-7(5)12)16-10(17)9-6(2)15-11(13)18-9/h3-4H,1-2H3,(H2,13,15)(H,14,16,17). The van der Waals surface area contributed by atoms with Crippen LogP contribution in [0.3, 0.4) is 0 Å². The number of nitrogens with two attached hydrogens (primary N) is 1. The third-order valence-electron chi connectivity index (χ3n) is 2.31. The van der Waals surface area contributed by atoms with Crippen LogP contribution >= 0.6 is 27.3 Å². The van der Waals surface area contributed by atoms with Crippen molar-refractivity contribution in [3.05, 3.63) is 32.9 Å². The molecule has 0 aliphatic rings. The van der Waals surface area contributed by atoms with Crippen molar-refractivity contribution in [2.24, 2.45) is 0 Å². The van der Waals surface area contributed by atoms with Gasteiger partial charge in [0.25, 0.3) is 5.91 Å². The Balaban J connectivity index is 2.21. The number of anilines is 2. The zero-order valence-corrected chi connectivity index (χ0v) is 12.2. The van der Waals surface area contributed by atoms with Crippen LogP contribution in [-0.2, 0) is 0 Å². The minimum atomic E-state index is -0.240. The number of thiazole rings is 1. The number of nitrogens with zero attached hydrogens (tertiary/aromatic N) is 2. The fourth-order valence-corrected chi connectivity index (χ4v) is 2.35. The number of aromatic nitrogens is 2. The molecule has 2 aromatic rings. The lowest BCUT2D eigenvalue weighted by Gasteiger charge is -2.05. The van der Waals surface area contributed by atoms with Crippen LogP contribution in [0.15, 0.2) is 16.7 Å². The van der Waals surface area contributed by atoms with E-state index in [0.29, 0.717) is 21.5 Å². The Kier molecular flexibility index (Phi) is 3.63. The molecule has 0 aliphatic carbocycles. The molecule has 2 aromatic heterocycles. The summed E-state index contributed by atoms with van der Waals surface area (Å²) in [6.45, 7) is 3.68. The molecule has 2 heterocycles. The van der Waals surface area contributed by atoms with Gasteiger partial charge in [-0.2, -0.15) is 0 Å². The van der Waals surface area contributed by atoms with Gasteiger partial charge in [0.1, 0.15) is 10.7 Å². The SMILES string of the molecule is Cc1cc(NC(=O)c2sc(N)nc2C)ncc1Br. The highest BCUT2D eigenvalue weighted by molar-refractivity contribution is 9.10. The average molecular weight is 327 g/mol. The van der Waals surface area contributed by atoms with Gasteiger partial charge in [0.05, 0.1) is 5.69 Å². The minimum absolute atomic E-state index is 0.240. The highest BCUT2D eigenvalue weighted by Gasteiger charge is 2.14. The number of nitrogen functional groups attached to an aromatic ring is 1. The first kappa shape index (κ1) is 13.0. The Labute approximate surface area is 117 Å². The van der Waals surface area contributed by atoms with Crippen LogP contribution in [0.5, 0.6) is 0 Å². The zero-order chi connectivity index (χ0) is 13.3. The van der Waals surface area contributed by atoms with Crippen molar-refractivity contribution in [2.45, 2.75) is 13.8 Å². The third kappa shape index (κ3) is 2.68. The van der Waals surface area contributed by atoms with Crippen LogP contribution in [0.4, 0.5) is 10.9 Å². The van der Waals surface area contributed by atoms with E-state index in [1.54, 1.807) is 19.2 Å². The molecule has 94 valence electrons. The smallest absolute Gasteiger partial charge is 0.268 e. The molecule has 0 atom stereocenters. The Hall–Kier alpha value is -1.47. The first-order chi connectivity index (χ1) is 8.47. The normalized spacial score (nSPS) is 10.4. The minimum Gasteiger partial charge on any atom is -0.375 e. The topological polar surface area (TPSA) is 80.9 Å². The fraction of sp³-hybridized carbons (Fsp3) is 0.182. The molecule has 18 heavy (non-hydrogen) atoms. The Morgan fingerprint density at radius 1 is 1.50 bits per heavy atom. The number of hydrogen-bond acceptors (Lipinski definition) is 5. The second-order valence-corrected chi connectivity index (χ2v) is 5.62. The molecule has 0 unspecified atom stereocenters. The zero-order valence-electron chi connectivity index (χ0n) is 9.82. The summed E-state index contributed by atoms with van der Waals surface area (Å²) in [6, 6.07) is 1.79. The van der Waals surface area contributed by atoms with E-state index in [2.05, 4.69) is 31.2 Å². The van der Waals surface area contributed by atoms with Crippen molar-refractivity contribution in [1.82, 2.24) is 9.97 Å². The second kappa shape index (κ2) is 5.03. The van der Waals surface area contributed by atoms with Crippen molar-refractivity contribution in [1.29, 1.82) is 0 Å². The molecule has 1 amide bonds. The number of aryl methyl sites for hydroxylation is 2. The van der Waals surface area contributed by atoms with Crippen molar-refractivity contribution >= 4 is 44.1 Å². The van der Waals surface area contributed by atoms with Gasteiger partial charge in [-0.15, -0.1) is 0 Å². The molecular formula is C11H11BrN4OS. The molecule has 0 bridgehead atoms. The summed E-state index contributed by atoms with van der Waals surface area (Å²) in [5.41, 5.74) is 7.19. The Morgan fingerprint density at radius 2 is 2.22 bits per heavy atom. The summed E-state index contributed by atoms with van der Waals surface area (Å²) in [7, 11) is 0. The third-order valence-corrected chi connectivity index (χ3v) is 4.12. The molecular weight excluding hydrogens is 316 g/mol. The van der Waals surface area contributed by atoms with Gasteiger partial charge in [0, 0.05) is 10.7 Å². The van der Waals surface area contributed by atoms with Gasteiger partial charge in [-0.3, -0.25) is 4.79 Å². The number of hydrogen-bond donors (Lipinski definition) is 2. The highest BCUT2D eigenvalue weighted by Crippen LogP contribution is 2.22. The predicted molar refractivity (Wildman–Crippen MR) is 75.9 cm³/mol. The van der Waals surface area contributed by atoms with Gasteiger partial charge in [-0.1, -0.05) is 11.3 Å². The number of carbonyl (C=O) groups is 1. The summed E-state index contributed by atoms with van der Waals surface area (Å²) in [6.07, 6.45) is 1.65. The van der Waals surface area contributed by atoms with Gasteiger partial charge in [0.2, 0.25) is 0 Å². The lowest BCUT2D eigenvalue weighted by Crippen LogP contribution is -2.12. The Bertz CT molecular complexity index is 611. The highest BCUT2D eigenvalue weighted by atomic mass is 79.9. The molecule has 5 nitrogen and oxygen atoms in total. The van der Waals surface area contributed by atoms with Crippen molar-refractivity contribution < 1.29 is 4.79 Å². The van der Waals surface area contributed by atoms with Crippen LogP contribution in [-0.4, -0.2) is 15.9 Å². The van der Waals surface area contributed by atoms with E-state index in [1.165, 1.54) is 11.3 Å². The van der Waals surface area contributed by atoms with E-state index in [4.69, 9.17) is 5.73 Å². The van der Waals surface area contributed by atoms with E-state index in [0.717, 1.165) is 10.0 Å². The van der Waals surface area contributed by atoms with Crippen molar-refractivity contribution in [3.63, 3.8) is 0 Å². The van der Waals surface area contributed by atoms with E-state index >= 15 is 0 Å². The number of nitrogens with one attached hydrogen (secondary N) is 1. The van der Waals surface area contributed by atoms with Crippen LogP contribution in [0.2, 0.25) is 0 Å². The number of rotatable bonds is 2. The average Bonchev–Trinajstić information content (AvgIpc) is 2.63. The lowest BCUT2D eigenvalue weighted by molar-refractivity contribution is 0.102. The van der Waals surface area contributed by atoms with Gasteiger partial charge < -0.3 is 11.1 Å². The van der Waals surface area contributed by atoms with Gasteiger partial charge >= 0.3 is 0 Å². The maximum Gasteiger partial charge on any atom is 0.268 e. The first-order valence-corrected chi connectivity index (χ1v) is 6.74. The maximum absolute atomic E-state index is 12.0. The van der Waals surface area contributed by atoms with Crippen LogP contribution in [0.25, 0.3) is 0 Å². The molecule has 0 fully saturated rings. The molecule has 0 aromatic carbocycles. The Morgan fingerprint density at radius 3 is 2.78 bits per heavy atom. The molecule has 7 heteroatoms. The van der Waals surface area contributed by atoms with Gasteiger partial charge in [-0.25, -0.2) is 9.97 Å². The molecule has 2 rings (SSSR count). The van der Waals surface area contributed by atoms with Gasteiger partial charge in [-0.05, 0) is 41.4 Å². The fourth-order valence-electron chi connectivity index (χ4n) is 1.41. The number of pyridine rings is 1. The summed E-state index contributed by atoms with van der Waals surface area (Å²) < 4.78 is 0.902. The summed E-state index contributed by atoms with van der Waals surface area (Å²) in [5.74, 6) is 0.267. The van der Waals surface area contributed by atoms with E-state index in [1.807, 2.05) is 6.92 Å². The molecule has 3 N–H and O–H groups in total. The number of amides is 1. The molecule has 0 aliphatic heterocycles. The van der Waals surface area contributed by atoms with E-state index in [-0.39, 0.29) is 5.91 Å². The van der Waals surface area contributed by atoms with Crippen LogP contribution < -0.4 is 11.1 Å². The first-order valence-electron chi connectivity index (χ1n) is 5.14.